The number of quaternary nitrogens is 1. The summed E-state index contributed by atoms with van der Waals surface area (Å²) in [5.74, 6) is -1.31. The van der Waals surface area contributed by atoms with E-state index in [2.05, 4.69) is 15.3 Å². The van der Waals surface area contributed by atoms with Gasteiger partial charge in [-0.2, -0.15) is 0 Å². The predicted molar refractivity (Wildman–Crippen MR) is 118 cm³/mol. The van der Waals surface area contributed by atoms with E-state index in [0.717, 1.165) is 17.3 Å². The molecule has 158 valence electrons. The molecule has 0 saturated carbocycles. The van der Waals surface area contributed by atoms with E-state index in [4.69, 9.17) is 12.2 Å². The monoisotopic (exact) mass is 449 g/mol. The van der Waals surface area contributed by atoms with Crippen LogP contribution >= 0.6 is 24.0 Å². The standard InChI is InChI=1S/C21H22F2N4OS2/c1-13(2)18-21(30-17-9-15(22)8-16(23)10-17)27(12-26-18,20(28)19(29)24-3)11-14-4-6-25-7-5-14/h4-10,12-13,20,28H,11H2,1-3H3/p+1. The molecule has 30 heavy (non-hydrogen) atoms. The van der Waals surface area contributed by atoms with Crippen LogP contribution in [0.4, 0.5) is 8.78 Å². The second-order valence-corrected chi connectivity index (χ2v) is 8.73. The van der Waals surface area contributed by atoms with Crippen LogP contribution in [0.25, 0.3) is 0 Å². The van der Waals surface area contributed by atoms with Crippen LogP contribution in [0, 0.1) is 17.6 Å². The van der Waals surface area contributed by atoms with Crippen LogP contribution < -0.4 is 5.32 Å². The normalized spacial score (nSPS) is 19.4. The van der Waals surface area contributed by atoms with Gasteiger partial charge in [0, 0.05) is 41.9 Å². The minimum atomic E-state index is -1.14. The second kappa shape index (κ2) is 9.30. The molecule has 0 saturated heterocycles. The quantitative estimate of drug-likeness (QED) is 0.490. The molecule has 0 amide bonds. The van der Waals surface area contributed by atoms with Gasteiger partial charge in [-0.15, -0.1) is 0 Å². The van der Waals surface area contributed by atoms with E-state index in [-0.39, 0.29) is 15.4 Å². The average molecular weight is 450 g/mol. The van der Waals surface area contributed by atoms with E-state index in [1.807, 2.05) is 26.0 Å². The highest BCUT2D eigenvalue weighted by molar-refractivity contribution is 8.02. The number of benzene rings is 1. The Morgan fingerprint density at radius 2 is 1.83 bits per heavy atom. The maximum Gasteiger partial charge on any atom is 0.254 e. The lowest BCUT2D eigenvalue weighted by Gasteiger charge is -2.36. The lowest BCUT2D eigenvalue weighted by molar-refractivity contribution is -0.839. The van der Waals surface area contributed by atoms with Crippen LogP contribution in [0.15, 0.2) is 63.3 Å². The largest absolute Gasteiger partial charge is 0.376 e. The van der Waals surface area contributed by atoms with Crippen molar-refractivity contribution in [1.29, 1.82) is 0 Å². The van der Waals surface area contributed by atoms with Crippen molar-refractivity contribution < 1.29 is 18.4 Å². The Hall–Kier alpha value is -2.20. The van der Waals surface area contributed by atoms with Crippen LogP contribution in [-0.4, -0.2) is 39.2 Å². The summed E-state index contributed by atoms with van der Waals surface area (Å²) >= 11 is 6.55. The first kappa shape index (κ1) is 22.5. The highest BCUT2D eigenvalue weighted by Gasteiger charge is 2.48. The van der Waals surface area contributed by atoms with E-state index >= 15 is 0 Å². The maximum absolute atomic E-state index is 13.8. The number of allylic oxidation sites excluding steroid dienone is 1. The van der Waals surface area contributed by atoms with Crippen molar-refractivity contribution in [3.05, 3.63) is 70.6 Å². The fourth-order valence-corrected chi connectivity index (χ4v) is 4.75. The summed E-state index contributed by atoms with van der Waals surface area (Å²) in [7, 11) is 1.64. The summed E-state index contributed by atoms with van der Waals surface area (Å²) in [6.45, 7) is 4.30. The van der Waals surface area contributed by atoms with E-state index < -0.39 is 17.9 Å². The molecule has 0 spiro atoms. The van der Waals surface area contributed by atoms with E-state index in [0.29, 0.717) is 16.5 Å². The average Bonchev–Trinajstić information content (AvgIpc) is 3.06. The molecule has 5 nitrogen and oxygen atoms in total. The van der Waals surface area contributed by atoms with E-state index in [1.54, 1.807) is 25.8 Å². The SMILES string of the molecule is CNC(=S)C(O)[N+]1(Cc2ccncc2)C=NC(C(C)C)=C1Sc1cc(F)cc(F)c1. The van der Waals surface area contributed by atoms with Gasteiger partial charge < -0.3 is 10.4 Å². The van der Waals surface area contributed by atoms with Gasteiger partial charge in [-0.3, -0.25) is 4.98 Å². The Labute approximate surface area is 184 Å². The first-order chi connectivity index (χ1) is 14.3. The summed E-state index contributed by atoms with van der Waals surface area (Å²) in [5.41, 5.74) is 1.64. The van der Waals surface area contributed by atoms with E-state index in [1.165, 1.54) is 23.9 Å². The number of hydrogen-bond donors (Lipinski definition) is 2. The Balaban J connectivity index is 2.14. The number of thioether (sulfide) groups is 1. The van der Waals surface area contributed by atoms with Crippen LogP contribution in [0.1, 0.15) is 19.4 Å². The zero-order chi connectivity index (χ0) is 21.9. The summed E-state index contributed by atoms with van der Waals surface area (Å²) < 4.78 is 27.6. The summed E-state index contributed by atoms with van der Waals surface area (Å²) in [6, 6.07) is 7.06. The number of aromatic nitrogens is 1. The second-order valence-electron chi connectivity index (χ2n) is 7.23. The topological polar surface area (TPSA) is 57.5 Å². The fourth-order valence-electron chi connectivity index (χ4n) is 3.22. The van der Waals surface area contributed by atoms with Crippen molar-refractivity contribution in [3.8, 4) is 0 Å². The number of aliphatic hydroxyl groups is 1. The van der Waals surface area contributed by atoms with Gasteiger partial charge in [-0.05, 0) is 36.0 Å². The number of halogens is 2. The molecular weight excluding hydrogens is 426 g/mol. The highest BCUT2D eigenvalue weighted by atomic mass is 32.2. The minimum Gasteiger partial charge on any atom is -0.376 e. The lowest BCUT2D eigenvalue weighted by atomic mass is 10.1. The molecule has 1 aromatic carbocycles. The minimum absolute atomic E-state index is 0.0231. The van der Waals surface area contributed by atoms with Gasteiger partial charge in [0.25, 0.3) is 6.23 Å². The molecule has 0 fully saturated rings. The summed E-state index contributed by atoms with van der Waals surface area (Å²) in [4.78, 5) is 9.27. The van der Waals surface area contributed by atoms with Gasteiger partial charge in [0.05, 0.1) is 0 Å². The van der Waals surface area contributed by atoms with Crippen molar-refractivity contribution in [3.63, 3.8) is 0 Å². The van der Waals surface area contributed by atoms with E-state index in [9.17, 15) is 13.9 Å². The zero-order valence-corrected chi connectivity index (χ0v) is 18.5. The van der Waals surface area contributed by atoms with Crippen LogP contribution in [0.5, 0.6) is 0 Å². The van der Waals surface area contributed by atoms with Gasteiger partial charge >= 0.3 is 0 Å². The Morgan fingerprint density at radius 1 is 1.20 bits per heavy atom. The number of rotatable bonds is 7. The molecule has 2 aromatic rings. The number of nitrogens with zero attached hydrogens (tertiary/aromatic N) is 3. The first-order valence-electron chi connectivity index (χ1n) is 9.36. The molecular formula is C21H23F2N4OS2+. The Kier molecular flexibility index (Phi) is 6.97. The molecule has 0 bridgehead atoms. The number of aliphatic hydroxyl groups excluding tert-OH is 1. The predicted octanol–water partition coefficient (Wildman–Crippen LogP) is 4.20. The molecule has 3 rings (SSSR count). The maximum atomic E-state index is 13.8. The fraction of sp³-hybridized carbons (Fsp3) is 0.286. The molecule has 2 unspecified atom stereocenters. The van der Waals surface area contributed by atoms with Crippen molar-refractivity contribution in [2.75, 3.05) is 7.05 Å². The number of thiocarbonyl (C=S) groups is 1. The van der Waals surface area contributed by atoms with Crippen molar-refractivity contribution in [1.82, 2.24) is 10.3 Å². The molecule has 2 atom stereocenters. The molecule has 1 aliphatic heterocycles. The number of likely N-dealkylation sites (N-methyl/N-ethyl adjacent to an activating group) is 1. The number of pyridine rings is 1. The first-order valence-corrected chi connectivity index (χ1v) is 10.6. The molecule has 0 aliphatic carbocycles. The molecule has 0 radical (unpaired) electrons. The van der Waals surface area contributed by atoms with Gasteiger partial charge in [-0.1, -0.05) is 26.1 Å². The molecule has 1 aliphatic rings. The van der Waals surface area contributed by atoms with Gasteiger partial charge in [0.2, 0.25) is 5.03 Å². The number of nitrogens with one attached hydrogen (secondary N) is 1. The number of aliphatic imine (C=N–C) groups is 1. The van der Waals surface area contributed by atoms with Crippen LogP contribution in [0.3, 0.4) is 0 Å². The van der Waals surface area contributed by atoms with Crippen molar-refractivity contribution in [2.45, 2.75) is 31.5 Å². The summed E-state index contributed by atoms with van der Waals surface area (Å²) in [5, 5.41) is 14.8. The van der Waals surface area contributed by atoms with Crippen molar-refractivity contribution in [2.24, 2.45) is 10.9 Å². The Morgan fingerprint density at radius 3 is 2.40 bits per heavy atom. The molecule has 1 aromatic heterocycles. The molecule has 2 N–H and O–H groups in total. The molecule has 2 heterocycles. The van der Waals surface area contributed by atoms with Crippen molar-refractivity contribution >= 4 is 35.3 Å². The highest BCUT2D eigenvalue weighted by Crippen LogP contribution is 2.44. The van der Waals surface area contributed by atoms with Crippen LogP contribution in [0.2, 0.25) is 0 Å². The van der Waals surface area contributed by atoms with Crippen LogP contribution in [-0.2, 0) is 6.54 Å². The van der Waals surface area contributed by atoms with Gasteiger partial charge in [0.15, 0.2) is 11.3 Å². The number of hydrogen-bond acceptors (Lipinski definition) is 5. The third kappa shape index (κ3) is 4.59. The lowest BCUT2D eigenvalue weighted by Crippen LogP contribution is -2.56. The Bertz CT molecular complexity index is 978. The third-order valence-electron chi connectivity index (χ3n) is 4.71. The molecule has 9 heteroatoms. The van der Waals surface area contributed by atoms with Gasteiger partial charge in [-0.25, -0.2) is 18.3 Å². The third-order valence-corrected chi connectivity index (χ3v) is 6.34. The zero-order valence-electron chi connectivity index (χ0n) is 16.8. The van der Waals surface area contributed by atoms with Gasteiger partial charge in [0.1, 0.15) is 23.9 Å². The summed E-state index contributed by atoms with van der Waals surface area (Å²) in [6.07, 6.45) is 3.86. The smallest absolute Gasteiger partial charge is 0.254 e.